The van der Waals surface area contributed by atoms with Crippen LogP contribution in [-0.4, -0.2) is 11.6 Å². The van der Waals surface area contributed by atoms with E-state index in [0.717, 1.165) is 34.7 Å². The molecule has 3 rings (SSSR count). The summed E-state index contributed by atoms with van der Waals surface area (Å²) in [7, 11) is 0. The van der Waals surface area contributed by atoms with Crippen molar-refractivity contribution in [2.45, 2.75) is 26.6 Å². The van der Waals surface area contributed by atoms with Crippen molar-refractivity contribution in [3.05, 3.63) is 88.7 Å². The van der Waals surface area contributed by atoms with Gasteiger partial charge in [0, 0.05) is 41.6 Å². The number of para-hydroxylation sites is 1. The van der Waals surface area contributed by atoms with Crippen LogP contribution in [0.4, 0.5) is 0 Å². The van der Waals surface area contributed by atoms with E-state index in [1.807, 2.05) is 67.7 Å². The van der Waals surface area contributed by atoms with Gasteiger partial charge in [0.2, 0.25) is 0 Å². The fourth-order valence-electron chi connectivity index (χ4n) is 2.74. The van der Waals surface area contributed by atoms with Crippen LogP contribution in [0.2, 0.25) is 5.02 Å². The van der Waals surface area contributed by atoms with Crippen LogP contribution in [0, 0.1) is 0 Å². The lowest BCUT2D eigenvalue weighted by atomic mass is 10.1. The number of pyridine rings is 1. The highest BCUT2D eigenvalue weighted by molar-refractivity contribution is 6.31. The Balaban J connectivity index is 0.00000280. The summed E-state index contributed by atoms with van der Waals surface area (Å²) in [5.74, 6) is 1.49. The highest BCUT2D eigenvalue weighted by atomic mass is 35.5. The maximum atomic E-state index is 6.25. The summed E-state index contributed by atoms with van der Waals surface area (Å²) >= 11 is 6.25. The Bertz CT molecular complexity index is 860. The molecule has 148 valence electrons. The lowest BCUT2D eigenvalue weighted by Crippen LogP contribution is -2.14. The molecule has 0 radical (unpaired) electrons. The molecule has 1 N–H and O–H groups in total. The van der Waals surface area contributed by atoms with Gasteiger partial charge in [-0.2, -0.15) is 0 Å². The van der Waals surface area contributed by atoms with Crippen LogP contribution in [0.1, 0.15) is 23.6 Å². The second kappa shape index (κ2) is 11.5. The molecule has 0 spiro atoms. The van der Waals surface area contributed by atoms with E-state index in [0.29, 0.717) is 24.8 Å². The van der Waals surface area contributed by atoms with Gasteiger partial charge in [-0.25, -0.2) is 0 Å². The molecule has 0 aliphatic carbocycles. The molecule has 0 amide bonds. The second-order valence-corrected chi connectivity index (χ2v) is 6.43. The molecular formula is C22H24Cl2N2O2. The average Bonchev–Trinajstić information content (AvgIpc) is 2.70. The van der Waals surface area contributed by atoms with Crippen molar-refractivity contribution < 1.29 is 9.47 Å². The second-order valence-electron chi connectivity index (χ2n) is 6.02. The van der Waals surface area contributed by atoms with Crippen LogP contribution in [0.3, 0.4) is 0 Å². The van der Waals surface area contributed by atoms with E-state index >= 15 is 0 Å². The summed E-state index contributed by atoms with van der Waals surface area (Å²) in [5, 5.41) is 4.13. The minimum Gasteiger partial charge on any atom is -0.490 e. The van der Waals surface area contributed by atoms with Crippen molar-refractivity contribution in [2.24, 2.45) is 0 Å². The molecule has 28 heavy (non-hydrogen) atoms. The third-order valence-electron chi connectivity index (χ3n) is 4.06. The van der Waals surface area contributed by atoms with Crippen LogP contribution < -0.4 is 14.8 Å². The largest absolute Gasteiger partial charge is 0.490 e. The molecule has 0 aliphatic rings. The molecule has 6 heteroatoms. The molecule has 4 nitrogen and oxygen atoms in total. The third kappa shape index (κ3) is 6.13. The number of hydrogen-bond acceptors (Lipinski definition) is 4. The minimum absolute atomic E-state index is 0. The zero-order valence-electron chi connectivity index (χ0n) is 15.7. The van der Waals surface area contributed by atoms with E-state index in [9.17, 15) is 0 Å². The zero-order chi connectivity index (χ0) is 18.9. The maximum absolute atomic E-state index is 6.25. The number of ether oxygens (including phenoxy) is 2. The van der Waals surface area contributed by atoms with Gasteiger partial charge in [-0.05, 0) is 30.7 Å². The van der Waals surface area contributed by atoms with Gasteiger partial charge < -0.3 is 14.8 Å². The van der Waals surface area contributed by atoms with Gasteiger partial charge in [-0.3, -0.25) is 4.98 Å². The van der Waals surface area contributed by atoms with E-state index in [-0.39, 0.29) is 12.4 Å². The first kappa shape index (κ1) is 22.0. The topological polar surface area (TPSA) is 43.4 Å². The molecule has 1 aromatic heterocycles. The van der Waals surface area contributed by atoms with Crippen molar-refractivity contribution >= 4 is 24.0 Å². The fraction of sp³-hybridized carbons (Fsp3) is 0.227. The Kier molecular flexibility index (Phi) is 9.08. The lowest BCUT2D eigenvalue weighted by Gasteiger charge is -2.17. The molecule has 0 fully saturated rings. The lowest BCUT2D eigenvalue weighted by molar-refractivity contribution is 0.266. The van der Waals surface area contributed by atoms with Crippen LogP contribution in [0.5, 0.6) is 11.5 Å². The third-order valence-corrected chi connectivity index (χ3v) is 4.43. The first-order valence-electron chi connectivity index (χ1n) is 8.98. The van der Waals surface area contributed by atoms with Crippen LogP contribution in [0.25, 0.3) is 0 Å². The number of aromatic nitrogens is 1. The Morgan fingerprint density at radius 1 is 0.929 bits per heavy atom. The van der Waals surface area contributed by atoms with Crippen molar-refractivity contribution in [1.82, 2.24) is 10.3 Å². The molecule has 0 saturated heterocycles. The summed E-state index contributed by atoms with van der Waals surface area (Å²) in [5.41, 5.74) is 3.12. The Morgan fingerprint density at radius 3 is 2.50 bits per heavy atom. The maximum Gasteiger partial charge on any atom is 0.166 e. The first-order valence-corrected chi connectivity index (χ1v) is 9.36. The highest BCUT2D eigenvalue weighted by Crippen LogP contribution is 2.32. The summed E-state index contributed by atoms with van der Waals surface area (Å²) in [6.07, 6.45) is 3.63. The summed E-state index contributed by atoms with van der Waals surface area (Å²) in [6, 6.07) is 17.6. The number of nitrogens with zero attached hydrogens (tertiary/aromatic N) is 1. The summed E-state index contributed by atoms with van der Waals surface area (Å²) in [6.45, 7) is 4.32. The number of benzene rings is 2. The van der Waals surface area contributed by atoms with E-state index in [1.54, 1.807) is 6.20 Å². The number of halogens is 2. The Morgan fingerprint density at radius 2 is 1.75 bits per heavy atom. The molecule has 1 heterocycles. The standard InChI is InChI=1S/C22H23ClN2O2.ClH/c1-2-26-21-11-5-9-18(15-25-14-17-7-6-12-24-13-17)22(21)27-16-19-8-3-4-10-20(19)23;/h3-13,25H,2,14-16H2,1H3;1H. The smallest absolute Gasteiger partial charge is 0.166 e. The van der Waals surface area contributed by atoms with Gasteiger partial charge in [0.1, 0.15) is 6.61 Å². The van der Waals surface area contributed by atoms with Crippen molar-refractivity contribution in [2.75, 3.05) is 6.61 Å². The molecule has 3 aromatic rings. The molecular weight excluding hydrogens is 395 g/mol. The molecule has 0 saturated carbocycles. The number of rotatable bonds is 9. The molecule has 0 atom stereocenters. The molecule has 0 aliphatic heterocycles. The van der Waals surface area contributed by atoms with Crippen molar-refractivity contribution in [3.63, 3.8) is 0 Å². The van der Waals surface area contributed by atoms with Crippen LogP contribution >= 0.6 is 24.0 Å². The van der Waals surface area contributed by atoms with E-state index in [2.05, 4.69) is 10.3 Å². The highest BCUT2D eigenvalue weighted by Gasteiger charge is 2.12. The Labute approximate surface area is 177 Å². The normalized spacial score (nSPS) is 10.2. The summed E-state index contributed by atoms with van der Waals surface area (Å²) in [4.78, 5) is 4.14. The molecule has 0 bridgehead atoms. The van der Waals surface area contributed by atoms with Gasteiger partial charge >= 0.3 is 0 Å². The van der Waals surface area contributed by atoms with Crippen LogP contribution in [-0.2, 0) is 19.7 Å². The van der Waals surface area contributed by atoms with Gasteiger partial charge in [0.15, 0.2) is 11.5 Å². The van der Waals surface area contributed by atoms with Crippen molar-refractivity contribution in [1.29, 1.82) is 0 Å². The van der Waals surface area contributed by atoms with E-state index in [1.165, 1.54) is 0 Å². The first-order chi connectivity index (χ1) is 13.3. The predicted octanol–water partition coefficient (Wildman–Crippen LogP) is 5.42. The molecule has 2 aromatic carbocycles. The zero-order valence-corrected chi connectivity index (χ0v) is 17.3. The minimum atomic E-state index is 0. The van der Waals surface area contributed by atoms with Gasteiger partial charge in [0.05, 0.1) is 6.61 Å². The van der Waals surface area contributed by atoms with E-state index < -0.39 is 0 Å². The quantitative estimate of drug-likeness (QED) is 0.503. The van der Waals surface area contributed by atoms with E-state index in [4.69, 9.17) is 21.1 Å². The average molecular weight is 419 g/mol. The van der Waals surface area contributed by atoms with Crippen molar-refractivity contribution in [3.8, 4) is 11.5 Å². The SMILES string of the molecule is CCOc1cccc(CNCc2cccnc2)c1OCc1ccccc1Cl.Cl. The Hall–Kier alpha value is -2.27. The molecule has 0 unspecified atom stereocenters. The van der Waals surface area contributed by atoms with Crippen LogP contribution in [0.15, 0.2) is 67.0 Å². The van der Waals surface area contributed by atoms with Gasteiger partial charge in [-0.15, -0.1) is 12.4 Å². The predicted molar refractivity (Wildman–Crippen MR) is 115 cm³/mol. The number of nitrogens with one attached hydrogen (secondary N) is 1. The monoisotopic (exact) mass is 418 g/mol. The fourth-order valence-corrected chi connectivity index (χ4v) is 2.93. The summed E-state index contributed by atoms with van der Waals surface area (Å²) < 4.78 is 11.9. The number of hydrogen-bond donors (Lipinski definition) is 1. The van der Waals surface area contributed by atoms with Gasteiger partial charge in [-0.1, -0.05) is 48.0 Å². The van der Waals surface area contributed by atoms with Gasteiger partial charge in [0.25, 0.3) is 0 Å².